The highest BCUT2D eigenvalue weighted by atomic mass is 35.5. The van der Waals surface area contributed by atoms with Crippen LogP contribution in [0.2, 0.25) is 5.02 Å². The fourth-order valence-corrected chi connectivity index (χ4v) is 5.78. The molecule has 5 rings (SSSR count). The number of hydrogen-bond donors (Lipinski definition) is 2. The minimum Gasteiger partial charge on any atom is -0.369 e. The van der Waals surface area contributed by atoms with Crippen molar-refractivity contribution in [2.75, 3.05) is 11.9 Å². The Morgan fingerprint density at radius 3 is 2.66 bits per heavy atom. The predicted octanol–water partition coefficient (Wildman–Crippen LogP) is 4.11. The van der Waals surface area contributed by atoms with Gasteiger partial charge in [0.1, 0.15) is 5.82 Å². The number of benzene rings is 1. The van der Waals surface area contributed by atoms with Gasteiger partial charge in [0.05, 0.1) is 5.02 Å². The number of halogens is 1. The number of nitrogens with zero attached hydrogens (tertiary/aromatic N) is 2. The van der Waals surface area contributed by atoms with Crippen molar-refractivity contribution >= 4 is 23.3 Å². The average Bonchev–Trinajstić information content (AvgIpc) is 3.32. The zero-order valence-electron chi connectivity index (χ0n) is 18.1. The molecule has 0 radical (unpaired) electrons. The van der Waals surface area contributed by atoms with Gasteiger partial charge in [-0.25, -0.2) is 4.98 Å². The van der Waals surface area contributed by atoms with Gasteiger partial charge in [-0.3, -0.25) is 9.59 Å². The van der Waals surface area contributed by atoms with E-state index in [0.717, 1.165) is 40.9 Å². The smallest absolute Gasteiger partial charge is 0.258 e. The lowest BCUT2D eigenvalue weighted by Crippen LogP contribution is -2.35. The summed E-state index contributed by atoms with van der Waals surface area (Å²) in [7, 11) is 1.74. The molecule has 1 aliphatic carbocycles. The van der Waals surface area contributed by atoms with Crippen LogP contribution in [0.25, 0.3) is 22.3 Å². The maximum absolute atomic E-state index is 12.6. The molecule has 2 aromatic heterocycles. The van der Waals surface area contributed by atoms with Crippen LogP contribution < -0.4 is 16.6 Å². The molecule has 2 aliphatic rings. The van der Waals surface area contributed by atoms with Crippen molar-refractivity contribution in [3.05, 3.63) is 69.7 Å². The highest BCUT2D eigenvalue weighted by Crippen LogP contribution is 2.57. The van der Waals surface area contributed by atoms with Crippen molar-refractivity contribution in [2.24, 2.45) is 18.2 Å². The number of nitrogens with two attached hydrogens (primary N) is 1. The van der Waals surface area contributed by atoms with Crippen molar-refractivity contribution < 1.29 is 4.79 Å². The molecular formula is C25H25ClN4O2. The zero-order valence-corrected chi connectivity index (χ0v) is 18.9. The normalized spacial score (nSPS) is 23.8. The Labute approximate surface area is 191 Å². The Kier molecular flexibility index (Phi) is 4.67. The number of carbonyl (C=O) groups is 1. The molecule has 0 unspecified atom stereocenters. The third-order valence-electron chi connectivity index (χ3n) is 7.23. The summed E-state index contributed by atoms with van der Waals surface area (Å²) >= 11 is 7.02. The van der Waals surface area contributed by atoms with Gasteiger partial charge in [-0.2, -0.15) is 0 Å². The standard InChI is InChI=1S/C25H25ClN4O2/c1-24(23(27)32)8-9-25(13-24)14-29-21-19(25)20(26)18(12-28-21)16-6-3-5-15(11-16)17-7-4-10-30(2)22(17)31/h3-7,10-12H,8-9,13-14H2,1-2H3,(H2,27,32)(H,28,29)/t24-,25-/m1/s1. The second kappa shape index (κ2) is 7.20. The van der Waals surface area contributed by atoms with E-state index in [1.807, 2.05) is 43.3 Å². The Hall–Kier alpha value is -3.12. The highest BCUT2D eigenvalue weighted by molar-refractivity contribution is 6.34. The Morgan fingerprint density at radius 1 is 1.19 bits per heavy atom. The van der Waals surface area contributed by atoms with Crippen molar-refractivity contribution in [1.82, 2.24) is 9.55 Å². The van der Waals surface area contributed by atoms with Crippen LogP contribution in [0.15, 0.2) is 53.6 Å². The van der Waals surface area contributed by atoms with Crippen LogP contribution in [-0.2, 0) is 17.3 Å². The first-order valence-electron chi connectivity index (χ1n) is 10.7. The lowest BCUT2D eigenvalue weighted by molar-refractivity contribution is -0.126. The Bertz CT molecular complexity index is 1320. The summed E-state index contributed by atoms with van der Waals surface area (Å²) in [5, 5.41) is 4.03. The van der Waals surface area contributed by atoms with E-state index in [1.165, 1.54) is 0 Å². The SMILES string of the molecule is Cn1cccc(-c2cccc(-c3cnc4c(c3Cl)[C@@]3(CC[C@@](C)(C(N)=O)C3)CN4)c2)c1=O. The maximum Gasteiger partial charge on any atom is 0.258 e. The molecule has 0 bridgehead atoms. The van der Waals surface area contributed by atoms with Gasteiger partial charge in [-0.15, -0.1) is 0 Å². The third kappa shape index (κ3) is 3.05. The number of nitrogens with one attached hydrogen (secondary N) is 1. The molecule has 1 amide bonds. The van der Waals surface area contributed by atoms with Crippen LogP contribution in [0, 0.1) is 5.41 Å². The summed E-state index contributed by atoms with van der Waals surface area (Å²) in [6, 6.07) is 11.5. The van der Waals surface area contributed by atoms with E-state index in [9.17, 15) is 9.59 Å². The number of fused-ring (bicyclic) bond motifs is 2. The second-order valence-electron chi connectivity index (χ2n) is 9.36. The van der Waals surface area contributed by atoms with Crippen LogP contribution in [0.4, 0.5) is 5.82 Å². The van der Waals surface area contributed by atoms with Gasteiger partial charge in [-0.05, 0) is 48.6 Å². The number of primary amides is 1. The molecule has 6 nitrogen and oxygen atoms in total. The van der Waals surface area contributed by atoms with Crippen LogP contribution in [-0.4, -0.2) is 22.0 Å². The largest absolute Gasteiger partial charge is 0.369 e. The number of pyridine rings is 2. The third-order valence-corrected chi connectivity index (χ3v) is 7.62. The summed E-state index contributed by atoms with van der Waals surface area (Å²) in [5.41, 5.74) is 9.01. The van der Waals surface area contributed by atoms with E-state index in [-0.39, 0.29) is 16.9 Å². The van der Waals surface area contributed by atoms with Crippen LogP contribution in [0.5, 0.6) is 0 Å². The van der Waals surface area contributed by atoms with E-state index in [4.69, 9.17) is 17.3 Å². The molecule has 1 spiro atoms. The first kappa shape index (κ1) is 20.8. The summed E-state index contributed by atoms with van der Waals surface area (Å²) in [6.45, 7) is 2.64. The van der Waals surface area contributed by atoms with Gasteiger partial charge < -0.3 is 15.6 Å². The fraction of sp³-hybridized carbons (Fsp3) is 0.320. The molecule has 32 heavy (non-hydrogen) atoms. The average molecular weight is 449 g/mol. The number of aromatic nitrogens is 2. The van der Waals surface area contributed by atoms with E-state index < -0.39 is 5.41 Å². The highest BCUT2D eigenvalue weighted by Gasteiger charge is 2.53. The van der Waals surface area contributed by atoms with Crippen LogP contribution in [0.3, 0.4) is 0 Å². The molecule has 3 aromatic rings. The number of anilines is 1. The summed E-state index contributed by atoms with van der Waals surface area (Å²) in [6.07, 6.45) is 5.73. The van der Waals surface area contributed by atoms with Crippen molar-refractivity contribution in [1.29, 1.82) is 0 Å². The van der Waals surface area contributed by atoms with E-state index in [1.54, 1.807) is 24.0 Å². The maximum atomic E-state index is 12.6. The molecule has 0 saturated heterocycles. The molecule has 7 heteroatoms. The van der Waals surface area contributed by atoms with Crippen LogP contribution >= 0.6 is 11.6 Å². The molecular weight excluding hydrogens is 424 g/mol. The van der Waals surface area contributed by atoms with E-state index in [0.29, 0.717) is 23.6 Å². The molecule has 3 N–H and O–H groups in total. The van der Waals surface area contributed by atoms with E-state index >= 15 is 0 Å². The lowest BCUT2D eigenvalue weighted by atomic mass is 9.76. The molecule has 1 aliphatic heterocycles. The summed E-state index contributed by atoms with van der Waals surface area (Å²) in [5.74, 6) is 0.515. The number of carbonyl (C=O) groups excluding carboxylic acids is 1. The molecule has 1 saturated carbocycles. The molecule has 2 atom stereocenters. The number of rotatable bonds is 3. The van der Waals surface area contributed by atoms with Gasteiger partial charge in [0, 0.05) is 53.5 Å². The predicted molar refractivity (Wildman–Crippen MR) is 127 cm³/mol. The molecule has 164 valence electrons. The number of aryl methyl sites for hydroxylation is 1. The van der Waals surface area contributed by atoms with Gasteiger partial charge in [-0.1, -0.05) is 36.7 Å². The minimum atomic E-state index is -0.546. The van der Waals surface area contributed by atoms with E-state index in [2.05, 4.69) is 10.3 Å². The molecule has 3 heterocycles. The zero-order chi connectivity index (χ0) is 22.7. The Morgan fingerprint density at radius 2 is 1.94 bits per heavy atom. The van der Waals surface area contributed by atoms with Crippen molar-refractivity contribution in [3.8, 4) is 22.3 Å². The van der Waals surface area contributed by atoms with Crippen molar-refractivity contribution in [2.45, 2.75) is 31.6 Å². The van der Waals surface area contributed by atoms with Gasteiger partial charge in [0.15, 0.2) is 0 Å². The molecule has 1 aromatic carbocycles. The van der Waals surface area contributed by atoms with Crippen LogP contribution in [0.1, 0.15) is 31.7 Å². The second-order valence-corrected chi connectivity index (χ2v) is 9.74. The minimum absolute atomic E-state index is 0.0531. The van der Waals surface area contributed by atoms with Gasteiger partial charge in [0.2, 0.25) is 5.91 Å². The van der Waals surface area contributed by atoms with Gasteiger partial charge in [0.25, 0.3) is 5.56 Å². The first-order valence-corrected chi connectivity index (χ1v) is 11.1. The van der Waals surface area contributed by atoms with Crippen molar-refractivity contribution in [3.63, 3.8) is 0 Å². The molecule has 1 fully saturated rings. The topological polar surface area (TPSA) is 90.0 Å². The lowest BCUT2D eigenvalue weighted by Gasteiger charge is -2.27. The summed E-state index contributed by atoms with van der Waals surface area (Å²) < 4.78 is 1.57. The number of hydrogen-bond acceptors (Lipinski definition) is 4. The monoisotopic (exact) mass is 448 g/mol. The number of amides is 1. The first-order chi connectivity index (χ1) is 15.2. The fourth-order valence-electron chi connectivity index (χ4n) is 5.33. The quantitative estimate of drug-likeness (QED) is 0.631. The summed E-state index contributed by atoms with van der Waals surface area (Å²) in [4.78, 5) is 29.4. The van der Waals surface area contributed by atoms with Gasteiger partial charge >= 0.3 is 0 Å². The Balaban J connectivity index is 1.60.